The molecule has 6 heteroatoms. The molecule has 0 saturated heterocycles. The van der Waals surface area contributed by atoms with Gasteiger partial charge in [-0.15, -0.1) is 0 Å². The van der Waals surface area contributed by atoms with Crippen molar-refractivity contribution >= 4 is 23.3 Å². The Morgan fingerprint density at radius 1 is 1.38 bits per heavy atom. The minimum absolute atomic E-state index is 0.309. The van der Waals surface area contributed by atoms with Crippen molar-refractivity contribution in [3.8, 4) is 0 Å². The number of anilines is 1. The van der Waals surface area contributed by atoms with E-state index in [4.69, 9.17) is 17.3 Å². The van der Waals surface area contributed by atoms with Gasteiger partial charge >= 0.3 is 5.97 Å². The van der Waals surface area contributed by atoms with Gasteiger partial charge in [-0.05, 0) is 29.8 Å². The summed E-state index contributed by atoms with van der Waals surface area (Å²) >= 11 is 5.83. The number of aromatic nitrogens is 1. The van der Waals surface area contributed by atoms with E-state index in [2.05, 4.69) is 10.3 Å². The maximum Gasteiger partial charge on any atom is 0.321 e. The quantitative estimate of drug-likeness (QED) is 0.711. The van der Waals surface area contributed by atoms with Crippen LogP contribution in [0.15, 0.2) is 42.6 Å². The van der Waals surface area contributed by atoms with Crippen molar-refractivity contribution in [1.29, 1.82) is 0 Å². The van der Waals surface area contributed by atoms with Crippen LogP contribution in [0.2, 0.25) is 5.02 Å². The smallest absolute Gasteiger partial charge is 0.321 e. The predicted molar refractivity (Wildman–Crippen MR) is 82.1 cm³/mol. The standard InChI is InChI=1S/C15H16ClN3O2/c16-11-5-4-10(13(17)7-11)9-19-14(15(20)21)8-12-3-1-2-6-18-12/h1-7,14,19H,8-9,17H2,(H,20,21). The van der Waals surface area contributed by atoms with E-state index >= 15 is 0 Å². The van der Waals surface area contributed by atoms with Crippen molar-refractivity contribution in [3.05, 3.63) is 58.9 Å². The first kappa shape index (κ1) is 15.3. The highest BCUT2D eigenvalue weighted by molar-refractivity contribution is 6.30. The van der Waals surface area contributed by atoms with Crippen LogP contribution in [-0.4, -0.2) is 22.1 Å². The van der Waals surface area contributed by atoms with Crippen molar-refractivity contribution in [2.24, 2.45) is 0 Å². The van der Waals surface area contributed by atoms with Gasteiger partial charge in [-0.1, -0.05) is 23.7 Å². The molecular weight excluding hydrogens is 290 g/mol. The van der Waals surface area contributed by atoms with Gasteiger partial charge in [-0.2, -0.15) is 0 Å². The Bertz CT molecular complexity index is 620. The lowest BCUT2D eigenvalue weighted by atomic mass is 10.1. The van der Waals surface area contributed by atoms with E-state index in [1.807, 2.05) is 6.07 Å². The van der Waals surface area contributed by atoms with Crippen LogP contribution in [0.1, 0.15) is 11.3 Å². The first-order chi connectivity index (χ1) is 10.1. The lowest BCUT2D eigenvalue weighted by Gasteiger charge is -2.15. The molecule has 0 aliphatic rings. The first-order valence-corrected chi connectivity index (χ1v) is 6.84. The molecule has 1 heterocycles. The van der Waals surface area contributed by atoms with Crippen molar-refractivity contribution in [2.75, 3.05) is 5.73 Å². The summed E-state index contributed by atoms with van der Waals surface area (Å²) in [5, 5.41) is 12.8. The highest BCUT2D eigenvalue weighted by atomic mass is 35.5. The van der Waals surface area contributed by atoms with Crippen LogP contribution in [-0.2, 0) is 17.8 Å². The Hall–Kier alpha value is -2.11. The third-order valence-electron chi connectivity index (χ3n) is 3.08. The average molecular weight is 306 g/mol. The summed E-state index contributed by atoms with van der Waals surface area (Å²) in [5.41, 5.74) is 7.93. The Balaban J connectivity index is 2.02. The lowest BCUT2D eigenvalue weighted by molar-refractivity contribution is -0.139. The largest absolute Gasteiger partial charge is 0.480 e. The van der Waals surface area contributed by atoms with Gasteiger partial charge in [0.15, 0.2) is 0 Å². The van der Waals surface area contributed by atoms with Crippen molar-refractivity contribution in [3.63, 3.8) is 0 Å². The number of rotatable bonds is 6. The molecule has 0 radical (unpaired) electrons. The van der Waals surface area contributed by atoms with Gasteiger partial charge in [0.25, 0.3) is 0 Å². The van der Waals surface area contributed by atoms with Crippen LogP contribution >= 0.6 is 11.6 Å². The second kappa shape index (κ2) is 7.06. The van der Waals surface area contributed by atoms with Crippen molar-refractivity contribution in [2.45, 2.75) is 19.0 Å². The summed E-state index contributed by atoms with van der Waals surface area (Å²) in [6.45, 7) is 0.354. The Labute approximate surface area is 127 Å². The number of nitrogens with two attached hydrogens (primary N) is 1. The number of aliphatic carboxylic acids is 1. The summed E-state index contributed by atoms with van der Waals surface area (Å²) in [7, 11) is 0. The zero-order valence-corrected chi connectivity index (χ0v) is 12.0. The molecule has 0 aliphatic carbocycles. The summed E-state index contributed by atoms with van der Waals surface area (Å²) in [4.78, 5) is 15.5. The average Bonchev–Trinajstić information content (AvgIpc) is 2.46. The molecule has 0 bridgehead atoms. The molecule has 1 aromatic heterocycles. The fraction of sp³-hybridized carbons (Fsp3) is 0.200. The van der Waals surface area contributed by atoms with Gasteiger partial charge in [-0.25, -0.2) is 0 Å². The van der Waals surface area contributed by atoms with Crippen LogP contribution < -0.4 is 11.1 Å². The second-order valence-electron chi connectivity index (χ2n) is 4.64. The van der Waals surface area contributed by atoms with Gasteiger partial charge in [0.1, 0.15) is 6.04 Å². The number of carbonyl (C=O) groups is 1. The number of hydrogen-bond acceptors (Lipinski definition) is 4. The van der Waals surface area contributed by atoms with Gasteiger partial charge in [0, 0.05) is 35.6 Å². The SMILES string of the molecule is Nc1cc(Cl)ccc1CNC(Cc1ccccn1)C(=O)O. The topological polar surface area (TPSA) is 88.2 Å². The van der Waals surface area contributed by atoms with Crippen LogP contribution in [0.3, 0.4) is 0 Å². The van der Waals surface area contributed by atoms with Crippen LogP contribution in [0.5, 0.6) is 0 Å². The minimum Gasteiger partial charge on any atom is -0.480 e. The molecule has 1 atom stereocenters. The van der Waals surface area contributed by atoms with E-state index in [9.17, 15) is 9.90 Å². The number of nitrogens with zero attached hydrogens (tertiary/aromatic N) is 1. The van der Waals surface area contributed by atoms with E-state index in [-0.39, 0.29) is 0 Å². The molecule has 0 aliphatic heterocycles. The molecular formula is C15H16ClN3O2. The number of carboxylic acids is 1. The van der Waals surface area contributed by atoms with Crippen molar-refractivity contribution in [1.82, 2.24) is 10.3 Å². The monoisotopic (exact) mass is 305 g/mol. The molecule has 1 unspecified atom stereocenters. The third kappa shape index (κ3) is 4.44. The molecule has 2 rings (SSSR count). The molecule has 0 saturated carbocycles. The molecule has 0 fully saturated rings. The summed E-state index contributed by atoms with van der Waals surface area (Å²) in [5.74, 6) is -0.923. The number of halogens is 1. The first-order valence-electron chi connectivity index (χ1n) is 6.46. The maximum atomic E-state index is 11.3. The van der Waals surface area contributed by atoms with Crippen LogP contribution in [0.4, 0.5) is 5.69 Å². The lowest BCUT2D eigenvalue weighted by Crippen LogP contribution is -2.38. The fourth-order valence-electron chi connectivity index (χ4n) is 1.93. The van der Waals surface area contributed by atoms with Crippen molar-refractivity contribution < 1.29 is 9.90 Å². The number of carboxylic acid groups (broad SMARTS) is 1. The highest BCUT2D eigenvalue weighted by Crippen LogP contribution is 2.18. The molecule has 5 nitrogen and oxygen atoms in total. The van der Waals surface area contributed by atoms with Gasteiger partial charge < -0.3 is 10.8 Å². The predicted octanol–water partition coefficient (Wildman–Crippen LogP) is 2.10. The minimum atomic E-state index is -0.923. The zero-order chi connectivity index (χ0) is 15.2. The van der Waals surface area contributed by atoms with E-state index in [0.717, 1.165) is 11.3 Å². The molecule has 2 aromatic rings. The number of benzene rings is 1. The number of nitrogens with one attached hydrogen (secondary N) is 1. The van der Waals surface area contributed by atoms with E-state index in [0.29, 0.717) is 23.7 Å². The zero-order valence-electron chi connectivity index (χ0n) is 11.3. The van der Waals surface area contributed by atoms with Crippen LogP contribution in [0, 0.1) is 0 Å². The van der Waals surface area contributed by atoms with E-state index in [1.54, 1.807) is 36.5 Å². The highest BCUT2D eigenvalue weighted by Gasteiger charge is 2.18. The van der Waals surface area contributed by atoms with Gasteiger partial charge in [0.05, 0.1) is 0 Å². The number of nitrogen functional groups attached to an aromatic ring is 1. The Morgan fingerprint density at radius 3 is 2.81 bits per heavy atom. The molecule has 0 spiro atoms. The van der Waals surface area contributed by atoms with Gasteiger partial charge in [0.2, 0.25) is 0 Å². The molecule has 110 valence electrons. The summed E-state index contributed by atoms with van der Waals surface area (Å²) in [6.07, 6.45) is 1.95. The number of pyridine rings is 1. The third-order valence-corrected chi connectivity index (χ3v) is 3.32. The Morgan fingerprint density at radius 2 is 2.19 bits per heavy atom. The van der Waals surface area contributed by atoms with E-state index < -0.39 is 12.0 Å². The number of hydrogen-bond donors (Lipinski definition) is 3. The molecule has 1 aromatic carbocycles. The molecule has 4 N–H and O–H groups in total. The maximum absolute atomic E-state index is 11.3. The molecule has 21 heavy (non-hydrogen) atoms. The van der Waals surface area contributed by atoms with E-state index in [1.165, 1.54) is 0 Å². The summed E-state index contributed by atoms with van der Waals surface area (Å²) in [6, 6.07) is 9.85. The second-order valence-corrected chi connectivity index (χ2v) is 5.08. The van der Waals surface area contributed by atoms with Crippen LogP contribution in [0.25, 0.3) is 0 Å². The fourth-order valence-corrected chi connectivity index (χ4v) is 2.12. The summed E-state index contributed by atoms with van der Waals surface area (Å²) < 4.78 is 0. The molecule has 0 amide bonds. The Kier molecular flexibility index (Phi) is 5.14. The normalized spacial score (nSPS) is 12.0. The van der Waals surface area contributed by atoms with Gasteiger partial charge in [-0.3, -0.25) is 15.1 Å².